The van der Waals surface area contributed by atoms with Crippen molar-refractivity contribution in [1.29, 1.82) is 0 Å². The molecule has 2 heteroatoms. The van der Waals surface area contributed by atoms with Gasteiger partial charge in [0.05, 0.1) is 11.4 Å². The molecule has 10 aromatic rings. The zero-order valence-corrected chi connectivity index (χ0v) is 30.4. The van der Waals surface area contributed by atoms with Gasteiger partial charge in [0, 0.05) is 31.4 Å². The molecule has 0 aliphatic rings. The van der Waals surface area contributed by atoms with Crippen molar-refractivity contribution in [3.05, 3.63) is 212 Å². The van der Waals surface area contributed by atoms with Crippen LogP contribution >= 0.6 is 11.3 Å². The Balaban J connectivity index is 1.14. The molecule has 0 aliphatic heterocycles. The molecule has 0 unspecified atom stereocenters. The fourth-order valence-electron chi connectivity index (χ4n) is 7.91. The molecule has 0 saturated carbocycles. The third kappa shape index (κ3) is 5.74. The molecule has 254 valence electrons. The van der Waals surface area contributed by atoms with Crippen molar-refractivity contribution in [1.82, 2.24) is 0 Å². The van der Waals surface area contributed by atoms with Crippen molar-refractivity contribution in [2.75, 3.05) is 4.90 Å². The Hall–Kier alpha value is -6.74. The highest BCUT2D eigenvalue weighted by molar-refractivity contribution is 7.26. The second-order valence-corrected chi connectivity index (χ2v) is 14.8. The predicted molar refractivity (Wildman–Crippen MR) is 233 cm³/mol. The maximum absolute atomic E-state index is 2.46. The minimum atomic E-state index is 1.11. The van der Waals surface area contributed by atoms with E-state index in [9.17, 15) is 0 Å². The lowest BCUT2D eigenvalue weighted by atomic mass is 9.94. The van der Waals surface area contributed by atoms with Gasteiger partial charge in [0.25, 0.3) is 0 Å². The van der Waals surface area contributed by atoms with Crippen LogP contribution in [0.1, 0.15) is 0 Å². The van der Waals surface area contributed by atoms with E-state index in [2.05, 4.69) is 217 Å². The van der Waals surface area contributed by atoms with Gasteiger partial charge in [-0.1, -0.05) is 164 Å². The SMILES string of the molecule is c1ccc(-c2cccc(-c3ccc(N(c4ccccc4-c4cccc(-c5cccc6ccccc56)c4)c4cccc5sc6ccccc6c45)cc3)c2)cc1. The van der Waals surface area contributed by atoms with E-state index >= 15 is 0 Å². The first-order valence-corrected chi connectivity index (χ1v) is 19.2. The summed E-state index contributed by atoms with van der Waals surface area (Å²) in [5.41, 5.74) is 13.0. The minimum absolute atomic E-state index is 1.11. The number of fused-ring (bicyclic) bond motifs is 4. The van der Waals surface area contributed by atoms with Gasteiger partial charge in [-0.25, -0.2) is 0 Å². The monoisotopic (exact) mass is 705 g/mol. The Morgan fingerprint density at radius 1 is 0.315 bits per heavy atom. The lowest BCUT2D eigenvalue weighted by Crippen LogP contribution is -2.11. The number of hydrogen-bond donors (Lipinski definition) is 0. The summed E-state index contributed by atoms with van der Waals surface area (Å²) in [5, 5.41) is 5.07. The Bertz CT molecular complexity index is 2930. The number of anilines is 3. The van der Waals surface area contributed by atoms with Gasteiger partial charge in [0.2, 0.25) is 0 Å². The number of thiophene rings is 1. The number of benzene rings is 9. The first kappa shape index (κ1) is 32.0. The number of rotatable bonds is 7. The molecular weight excluding hydrogens is 671 g/mol. The maximum atomic E-state index is 2.46. The van der Waals surface area contributed by atoms with Crippen LogP contribution in [0, 0.1) is 0 Å². The molecule has 0 N–H and O–H groups in total. The molecule has 0 saturated heterocycles. The van der Waals surface area contributed by atoms with Gasteiger partial charge < -0.3 is 4.90 Å². The molecule has 10 rings (SSSR count). The van der Waals surface area contributed by atoms with Gasteiger partial charge in [-0.2, -0.15) is 0 Å². The van der Waals surface area contributed by atoms with Crippen molar-refractivity contribution in [2.24, 2.45) is 0 Å². The Morgan fingerprint density at radius 3 is 1.67 bits per heavy atom. The first-order valence-electron chi connectivity index (χ1n) is 18.4. The van der Waals surface area contributed by atoms with Crippen molar-refractivity contribution >= 4 is 59.3 Å². The van der Waals surface area contributed by atoms with Gasteiger partial charge in [0.15, 0.2) is 0 Å². The van der Waals surface area contributed by atoms with Crippen LogP contribution in [0.2, 0.25) is 0 Å². The van der Waals surface area contributed by atoms with Crippen molar-refractivity contribution in [3.8, 4) is 44.5 Å². The molecule has 9 aromatic carbocycles. The molecule has 0 amide bonds. The topological polar surface area (TPSA) is 3.24 Å². The van der Waals surface area contributed by atoms with Crippen molar-refractivity contribution in [2.45, 2.75) is 0 Å². The zero-order valence-electron chi connectivity index (χ0n) is 29.6. The number of para-hydroxylation sites is 1. The molecule has 0 atom stereocenters. The highest BCUT2D eigenvalue weighted by Crippen LogP contribution is 2.47. The fraction of sp³-hybridized carbons (Fsp3) is 0. The quantitative estimate of drug-likeness (QED) is 0.160. The van der Waals surface area contributed by atoms with Crippen LogP contribution in [0.3, 0.4) is 0 Å². The summed E-state index contributed by atoms with van der Waals surface area (Å²) < 4.78 is 2.58. The van der Waals surface area contributed by atoms with E-state index in [1.807, 2.05) is 11.3 Å². The number of nitrogens with zero attached hydrogens (tertiary/aromatic N) is 1. The Morgan fingerprint density at radius 2 is 0.833 bits per heavy atom. The fourth-order valence-corrected chi connectivity index (χ4v) is 9.03. The highest BCUT2D eigenvalue weighted by atomic mass is 32.1. The maximum Gasteiger partial charge on any atom is 0.0555 e. The third-order valence-corrected chi connectivity index (χ3v) is 11.6. The van der Waals surface area contributed by atoms with Gasteiger partial charge in [-0.05, 0) is 98.2 Å². The molecule has 0 radical (unpaired) electrons. The summed E-state index contributed by atoms with van der Waals surface area (Å²) in [6.45, 7) is 0. The molecule has 1 nitrogen and oxygen atoms in total. The van der Waals surface area contributed by atoms with Crippen LogP contribution in [0.25, 0.3) is 75.5 Å². The molecule has 1 heterocycles. The molecule has 1 aromatic heterocycles. The van der Waals surface area contributed by atoms with Crippen LogP contribution in [0.15, 0.2) is 212 Å². The molecule has 0 fully saturated rings. The lowest BCUT2D eigenvalue weighted by Gasteiger charge is -2.29. The van der Waals surface area contributed by atoms with Gasteiger partial charge in [0.1, 0.15) is 0 Å². The second kappa shape index (κ2) is 13.7. The van der Waals surface area contributed by atoms with Crippen LogP contribution in [0.5, 0.6) is 0 Å². The standard InChI is InChI=1S/C52H35NS/c1-2-14-36(15-3-1)39-18-10-19-40(34-39)37-30-32-43(33-31-37)53(49-27-13-29-51-52(49)47-24-7-9-28-50(47)54-51)48-26-8-6-23-46(48)42-21-11-20-41(35-42)45-25-12-17-38-16-4-5-22-44(38)45/h1-35H. The highest BCUT2D eigenvalue weighted by Gasteiger charge is 2.21. The third-order valence-electron chi connectivity index (χ3n) is 10.5. The summed E-state index contributed by atoms with van der Waals surface area (Å²) in [4.78, 5) is 2.46. The second-order valence-electron chi connectivity index (χ2n) is 13.7. The molecule has 0 spiro atoms. The summed E-state index contributed by atoms with van der Waals surface area (Å²) in [6.07, 6.45) is 0. The van der Waals surface area contributed by atoms with E-state index in [1.54, 1.807) is 0 Å². The van der Waals surface area contributed by atoms with Gasteiger partial charge >= 0.3 is 0 Å². The lowest BCUT2D eigenvalue weighted by molar-refractivity contribution is 1.30. The molecule has 54 heavy (non-hydrogen) atoms. The zero-order chi connectivity index (χ0) is 35.8. The first-order chi connectivity index (χ1) is 26.8. The van der Waals surface area contributed by atoms with Crippen molar-refractivity contribution in [3.63, 3.8) is 0 Å². The van der Waals surface area contributed by atoms with Crippen LogP contribution in [0.4, 0.5) is 17.1 Å². The van der Waals surface area contributed by atoms with Crippen LogP contribution in [-0.4, -0.2) is 0 Å². The number of hydrogen-bond acceptors (Lipinski definition) is 2. The summed E-state index contributed by atoms with van der Waals surface area (Å²) in [5.74, 6) is 0. The van der Waals surface area contributed by atoms with E-state index in [4.69, 9.17) is 0 Å². The van der Waals surface area contributed by atoms with Gasteiger partial charge in [-0.3, -0.25) is 0 Å². The molecule has 0 aliphatic carbocycles. The van der Waals surface area contributed by atoms with E-state index in [-0.39, 0.29) is 0 Å². The summed E-state index contributed by atoms with van der Waals surface area (Å²) in [7, 11) is 0. The summed E-state index contributed by atoms with van der Waals surface area (Å²) in [6, 6.07) is 77.2. The van der Waals surface area contributed by atoms with E-state index in [0.29, 0.717) is 0 Å². The Kier molecular flexibility index (Phi) is 8.09. The van der Waals surface area contributed by atoms with Gasteiger partial charge in [-0.15, -0.1) is 11.3 Å². The van der Waals surface area contributed by atoms with E-state index in [0.717, 1.165) is 11.4 Å². The summed E-state index contributed by atoms with van der Waals surface area (Å²) >= 11 is 1.86. The van der Waals surface area contributed by atoms with E-state index in [1.165, 1.54) is 81.1 Å². The van der Waals surface area contributed by atoms with Crippen LogP contribution < -0.4 is 4.90 Å². The molecule has 0 bridgehead atoms. The predicted octanol–water partition coefficient (Wildman–Crippen LogP) is 15.3. The Labute approximate surface area is 319 Å². The minimum Gasteiger partial charge on any atom is -0.309 e. The van der Waals surface area contributed by atoms with Crippen LogP contribution in [-0.2, 0) is 0 Å². The largest absolute Gasteiger partial charge is 0.309 e. The molecular formula is C52H35NS. The average Bonchev–Trinajstić information content (AvgIpc) is 3.64. The van der Waals surface area contributed by atoms with Crippen molar-refractivity contribution < 1.29 is 0 Å². The van der Waals surface area contributed by atoms with E-state index < -0.39 is 0 Å². The smallest absolute Gasteiger partial charge is 0.0555 e. The normalized spacial score (nSPS) is 11.3. The average molecular weight is 706 g/mol.